The van der Waals surface area contributed by atoms with Gasteiger partial charge < -0.3 is 10.6 Å². The molecule has 36 heavy (non-hydrogen) atoms. The molecule has 2 N–H and O–H groups in total. The molecule has 0 radical (unpaired) electrons. The first-order valence-corrected chi connectivity index (χ1v) is 11.5. The lowest BCUT2D eigenvalue weighted by molar-refractivity contribution is -0.124. The fourth-order valence-corrected chi connectivity index (χ4v) is 4.11. The lowest BCUT2D eigenvalue weighted by Crippen LogP contribution is -2.39. The minimum absolute atomic E-state index is 0.332. The molecule has 1 aliphatic rings. The van der Waals surface area contributed by atoms with Crippen LogP contribution >= 0.6 is 0 Å². The van der Waals surface area contributed by atoms with E-state index in [1.807, 2.05) is 42.5 Å². The van der Waals surface area contributed by atoms with Crippen molar-refractivity contribution in [2.45, 2.75) is 39.3 Å². The molecule has 0 fully saturated rings. The van der Waals surface area contributed by atoms with Gasteiger partial charge in [0.15, 0.2) is 11.6 Å². The quantitative estimate of drug-likeness (QED) is 0.450. The van der Waals surface area contributed by atoms with Crippen molar-refractivity contribution in [3.63, 3.8) is 0 Å². The number of rotatable bonds is 7. The number of nitrogens with one attached hydrogen (secondary N) is 2. The molecule has 0 aliphatic carbocycles. The van der Waals surface area contributed by atoms with Gasteiger partial charge in [-0.15, -0.1) is 0 Å². The van der Waals surface area contributed by atoms with Crippen LogP contribution in [0.4, 0.5) is 24.5 Å². The van der Waals surface area contributed by atoms with E-state index >= 15 is 0 Å². The Labute approximate surface area is 206 Å². The van der Waals surface area contributed by atoms with E-state index in [0.717, 1.165) is 5.56 Å². The van der Waals surface area contributed by atoms with Crippen molar-refractivity contribution >= 4 is 28.8 Å². The van der Waals surface area contributed by atoms with Crippen LogP contribution in [-0.2, 0) is 9.59 Å². The summed E-state index contributed by atoms with van der Waals surface area (Å²) in [7, 11) is 0. The Morgan fingerprint density at radius 1 is 1.03 bits per heavy atom. The third-order valence-electron chi connectivity index (χ3n) is 5.99. The Morgan fingerprint density at radius 3 is 2.39 bits per heavy atom. The van der Waals surface area contributed by atoms with Gasteiger partial charge in [-0.1, -0.05) is 62.4 Å². The van der Waals surface area contributed by atoms with E-state index in [4.69, 9.17) is 0 Å². The maximum atomic E-state index is 14.6. The third kappa shape index (κ3) is 5.00. The Balaban J connectivity index is 1.68. The van der Waals surface area contributed by atoms with Crippen molar-refractivity contribution in [3.05, 3.63) is 89.0 Å². The van der Waals surface area contributed by atoms with Gasteiger partial charge in [0.1, 0.15) is 11.7 Å². The molecule has 2 atom stereocenters. The zero-order valence-electron chi connectivity index (χ0n) is 20.0. The number of nitrogens with zero attached hydrogens (tertiary/aromatic N) is 2. The Morgan fingerprint density at radius 2 is 1.69 bits per heavy atom. The maximum Gasteiger partial charge on any atom is 0.251 e. The number of benzodiazepines with no additional fused rings is 1. The summed E-state index contributed by atoms with van der Waals surface area (Å²) in [6, 6.07) is 14.3. The summed E-state index contributed by atoms with van der Waals surface area (Å²) in [6.07, 6.45) is -0.332. The Kier molecular flexibility index (Phi) is 7.19. The van der Waals surface area contributed by atoms with E-state index in [1.165, 1.54) is 6.92 Å². The molecule has 1 amide bonds. The van der Waals surface area contributed by atoms with Gasteiger partial charge in [-0.25, -0.2) is 9.37 Å². The maximum absolute atomic E-state index is 14.6. The number of halogens is 3. The van der Waals surface area contributed by atoms with Gasteiger partial charge in [0.05, 0.1) is 23.1 Å². The molecule has 6 nitrogen and oxygen atoms in total. The van der Waals surface area contributed by atoms with Crippen molar-refractivity contribution in [3.8, 4) is 0 Å². The predicted octanol–water partition coefficient (Wildman–Crippen LogP) is 5.06. The van der Waals surface area contributed by atoms with Crippen LogP contribution in [0, 0.1) is 30.4 Å². The summed E-state index contributed by atoms with van der Waals surface area (Å²) in [5, 5.41) is 5.34. The zero-order valence-corrected chi connectivity index (χ0v) is 20.0. The number of benzene rings is 2. The van der Waals surface area contributed by atoms with Gasteiger partial charge in [-0.2, -0.15) is 8.78 Å². The number of Topliss-reactive ketones (excluding diaryl/α,β-unsaturated/α-hetero) is 1. The van der Waals surface area contributed by atoms with Crippen molar-refractivity contribution in [2.75, 3.05) is 10.6 Å². The van der Waals surface area contributed by atoms with E-state index in [-0.39, 0.29) is 12.1 Å². The Hall–Kier alpha value is -4.01. The number of hydrogen-bond donors (Lipinski definition) is 2. The molecule has 1 aromatic heterocycles. The molecular weight excluding hydrogens is 469 g/mol. The number of hydrogen-bond acceptors (Lipinski definition) is 5. The van der Waals surface area contributed by atoms with Crippen molar-refractivity contribution in [1.82, 2.24) is 4.98 Å². The molecule has 0 saturated heterocycles. The van der Waals surface area contributed by atoms with E-state index in [0.29, 0.717) is 17.0 Å². The molecule has 1 unspecified atom stereocenters. The number of anilines is 2. The van der Waals surface area contributed by atoms with Gasteiger partial charge in [0, 0.05) is 17.5 Å². The number of para-hydroxylation sites is 1. The number of carbonyl (C=O) groups excluding carboxylic acids is 2. The minimum Gasteiger partial charge on any atom is -0.370 e. The number of aliphatic imine (C=N–C) groups is 1. The molecule has 3 aromatic rings. The van der Waals surface area contributed by atoms with Gasteiger partial charge >= 0.3 is 0 Å². The Bertz CT molecular complexity index is 1320. The lowest BCUT2D eigenvalue weighted by atomic mass is 9.94. The smallest absolute Gasteiger partial charge is 0.251 e. The number of aryl methyl sites for hydroxylation is 1. The summed E-state index contributed by atoms with van der Waals surface area (Å²) in [4.78, 5) is 34.3. The standard InChI is InChI=1S/C27H25F3N4O2/c1-14(2)23(34-25-21(28)15(3)31-26(30)22(25)29)20(35)13-19-27(36)33-18-12-8-7-11-17(18)24(32-19)16-9-5-4-6-10-16/h4-12,14,19,23H,13H2,1-3H3,(H,31,34)(H,33,36)/t19?,23-/m0/s1. The van der Waals surface area contributed by atoms with Crippen LogP contribution in [0.15, 0.2) is 59.6 Å². The minimum atomic E-state index is -1.51. The summed E-state index contributed by atoms with van der Waals surface area (Å²) in [5.41, 5.74) is 1.47. The van der Waals surface area contributed by atoms with Crippen LogP contribution in [0.25, 0.3) is 0 Å². The fraction of sp³-hybridized carbons (Fsp3) is 0.259. The number of aromatic nitrogens is 1. The first-order chi connectivity index (χ1) is 17.2. The number of pyridine rings is 1. The van der Waals surface area contributed by atoms with E-state index in [9.17, 15) is 22.8 Å². The van der Waals surface area contributed by atoms with Gasteiger partial charge in [-0.3, -0.25) is 14.6 Å². The average molecular weight is 495 g/mol. The highest BCUT2D eigenvalue weighted by molar-refractivity contribution is 6.20. The second-order valence-electron chi connectivity index (χ2n) is 8.92. The second kappa shape index (κ2) is 10.3. The van der Waals surface area contributed by atoms with Crippen LogP contribution in [0.1, 0.15) is 37.1 Å². The molecule has 0 bridgehead atoms. The number of ketones is 1. The highest BCUT2D eigenvalue weighted by Crippen LogP contribution is 2.28. The van der Waals surface area contributed by atoms with Crippen LogP contribution in [-0.4, -0.2) is 34.5 Å². The summed E-state index contributed by atoms with van der Waals surface area (Å²) < 4.78 is 42.8. The molecule has 0 spiro atoms. The highest BCUT2D eigenvalue weighted by Gasteiger charge is 2.33. The molecule has 1 aliphatic heterocycles. The molecule has 0 saturated carbocycles. The molecule has 4 rings (SSSR count). The zero-order chi connectivity index (χ0) is 26.0. The molecule has 2 aromatic carbocycles. The van der Waals surface area contributed by atoms with Crippen molar-refractivity contribution in [2.24, 2.45) is 10.9 Å². The van der Waals surface area contributed by atoms with Crippen LogP contribution < -0.4 is 10.6 Å². The highest BCUT2D eigenvalue weighted by atomic mass is 19.2. The van der Waals surface area contributed by atoms with Crippen molar-refractivity contribution < 1.29 is 22.8 Å². The van der Waals surface area contributed by atoms with E-state index in [1.54, 1.807) is 26.0 Å². The van der Waals surface area contributed by atoms with Crippen LogP contribution in [0.5, 0.6) is 0 Å². The first-order valence-electron chi connectivity index (χ1n) is 11.5. The lowest BCUT2D eigenvalue weighted by Gasteiger charge is -2.24. The summed E-state index contributed by atoms with van der Waals surface area (Å²) >= 11 is 0. The van der Waals surface area contributed by atoms with Crippen molar-refractivity contribution in [1.29, 1.82) is 0 Å². The SMILES string of the molecule is Cc1nc(F)c(F)c(N[C@H](C(=O)CC2N=C(c3ccccc3)c3ccccc3NC2=O)C(C)C)c1F. The predicted molar refractivity (Wildman–Crippen MR) is 132 cm³/mol. The summed E-state index contributed by atoms with van der Waals surface area (Å²) in [6.45, 7) is 4.55. The third-order valence-corrected chi connectivity index (χ3v) is 5.99. The average Bonchev–Trinajstić information content (AvgIpc) is 2.99. The number of fused-ring (bicyclic) bond motifs is 1. The number of amides is 1. The molecule has 186 valence electrons. The van der Waals surface area contributed by atoms with Gasteiger partial charge in [0.25, 0.3) is 5.95 Å². The fourth-order valence-electron chi connectivity index (χ4n) is 4.11. The van der Waals surface area contributed by atoms with Crippen LogP contribution in [0.3, 0.4) is 0 Å². The normalized spacial score (nSPS) is 16.0. The van der Waals surface area contributed by atoms with Gasteiger partial charge in [0.2, 0.25) is 11.7 Å². The topological polar surface area (TPSA) is 83.4 Å². The monoisotopic (exact) mass is 494 g/mol. The molecule has 9 heteroatoms. The van der Waals surface area contributed by atoms with E-state index in [2.05, 4.69) is 20.6 Å². The number of carbonyl (C=O) groups is 2. The largest absolute Gasteiger partial charge is 0.370 e. The second-order valence-corrected chi connectivity index (χ2v) is 8.92. The summed E-state index contributed by atoms with van der Waals surface area (Å²) in [5.74, 6) is -5.47. The van der Waals surface area contributed by atoms with E-state index < -0.39 is 53.0 Å². The first kappa shape index (κ1) is 25.1. The van der Waals surface area contributed by atoms with Crippen LogP contribution in [0.2, 0.25) is 0 Å². The van der Waals surface area contributed by atoms with Gasteiger partial charge in [-0.05, 0) is 18.9 Å². The molecule has 2 heterocycles. The molecular formula is C27H25F3N4O2.